The van der Waals surface area contributed by atoms with Crippen LogP contribution in [0.25, 0.3) is 0 Å². The molecule has 0 amide bonds. The van der Waals surface area contributed by atoms with Gasteiger partial charge in [-0.2, -0.15) is 4.31 Å². The molecule has 0 bridgehead atoms. The van der Waals surface area contributed by atoms with E-state index in [0.717, 1.165) is 36.4 Å². The summed E-state index contributed by atoms with van der Waals surface area (Å²) in [5.74, 6) is 0.604. The van der Waals surface area contributed by atoms with E-state index in [1.807, 2.05) is 19.9 Å². The van der Waals surface area contributed by atoms with Gasteiger partial charge in [-0.25, -0.2) is 8.42 Å². The first kappa shape index (κ1) is 18.9. The van der Waals surface area contributed by atoms with E-state index in [-0.39, 0.29) is 12.4 Å². The van der Waals surface area contributed by atoms with Crippen molar-refractivity contribution in [2.24, 2.45) is 5.92 Å². The van der Waals surface area contributed by atoms with Crippen LogP contribution in [-0.2, 0) is 10.0 Å². The molecule has 1 N–H and O–H groups in total. The van der Waals surface area contributed by atoms with Crippen LogP contribution in [-0.4, -0.2) is 38.9 Å². The lowest BCUT2D eigenvalue weighted by Crippen LogP contribution is -2.40. The van der Waals surface area contributed by atoms with E-state index >= 15 is 0 Å². The van der Waals surface area contributed by atoms with E-state index in [9.17, 15) is 8.42 Å². The Kier molecular flexibility index (Phi) is 7.13. The molecule has 1 aromatic heterocycles. The van der Waals surface area contributed by atoms with E-state index in [0.29, 0.717) is 23.2 Å². The molecule has 0 radical (unpaired) electrons. The molecular formula is C14H25ClN2O2S2. The maximum atomic E-state index is 12.7. The van der Waals surface area contributed by atoms with Gasteiger partial charge in [-0.3, -0.25) is 0 Å². The van der Waals surface area contributed by atoms with Crippen LogP contribution < -0.4 is 5.32 Å². The highest BCUT2D eigenvalue weighted by atomic mass is 35.5. The molecule has 122 valence electrons. The van der Waals surface area contributed by atoms with Crippen LogP contribution in [0.3, 0.4) is 0 Å². The molecule has 21 heavy (non-hydrogen) atoms. The number of hydrogen-bond acceptors (Lipinski definition) is 4. The first-order valence-corrected chi connectivity index (χ1v) is 9.48. The SMILES string of the molecule is CCNCC1CCN(S(=O)(=O)c2sc(C)cc2C)CC1.Cl. The summed E-state index contributed by atoms with van der Waals surface area (Å²) in [6, 6.07) is 1.95. The number of rotatable bonds is 5. The van der Waals surface area contributed by atoms with Gasteiger partial charge in [0.1, 0.15) is 4.21 Å². The van der Waals surface area contributed by atoms with Crippen molar-refractivity contribution in [3.05, 3.63) is 16.5 Å². The van der Waals surface area contributed by atoms with Gasteiger partial charge in [0.25, 0.3) is 10.0 Å². The standard InChI is InChI=1S/C14H24N2O2S2.ClH/c1-4-15-10-13-5-7-16(8-6-13)20(17,18)14-11(2)9-12(3)19-14;/h9,13,15H,4-8,10H2,1-3H3;1H. The summed E-state index contributed by atoms with van der Waals surface area (Å²) in [6.45, 7) is 9.21. The maximum absolute atomic E-state index is 12.7. The Hall–Kier alpha value is -0.140. The molecule has 1 aliphatic heterocycles. The largest absolute Gasteiger partial charge is 0.317 e. The van der Waals surface area contributed by atoms with Gasteiger partial charge >= 0.3 is 0 Å². The Labute approximate surface area is 138 Å². The van der Waals surface area contributed by atoms with Crippen LogP contribution >= 0.6 is 23.7 Å². The van der Waals surface area contributed by atoms with E-state index in [4.69, 9.17) is 0 Å². The molecule has 0 aliphatic carbocycles. The van der Waals surface area contributed by atoms with Crippen LogP contribution in [0.2, 0.25) is 0 Å². The average Bonchev–Trinajstić information content (AvgIpc) is 2.76. The number of piperidine rings is 1. The van der Waals surface area contributed by atoms with Gasteiger partial charge in [-0.15, -0.1) is 23.7 Å². The third kappa shape index (κ3) is 4.42. The minimum atomic E-state index is -3.28. The number of thiophene rings is 1. The van der Waals surface area contributed by atoms with Gasteiger partial charge in [0.05, 0.1) is 0 Å². The van der Waals surface area contributed by atoms with Crippen LogP contribution in [0.1, 0.15) is 30.2 Å². The van der Waals surface area contributed by atoms with Crippen molar-refractivity contribution in [3.8, 4) is 0 Å². The number of hydrogen-bond donors (Lipinski definition) is 1. The highest BCUT2D eigenvalue weighted by Crippen LogP contribution is 2.31. The number of aryl methyl sites for hydroxylation is 2. The molecule has 1 aliphatic rings. The summed E-state index contributed by atoms with van der Waals surface area (Å²) in [6.07, 6.45) is 1.91. The third-order valence-electron chi connectivity index (χ3n) is 3.83. The molecule has 2 heterocycles. The Morgan fingerprint density at radius 1 is 1.33 bits per heavy atom. The first-order valence-electron chi connectivity index (χ1n) is 7.23. The molecule has 7 heteroatoms. The van der Waals surface area contributed by atoms with E-state index in [2.05, 4.69) is 12.2 Å². The van der Waals surface area contributed by atoms with Crippen molar-refractivity contribution in [1.29, 1.82) is 0 Å². The molecule has 1 saturated heterocycles. The Bertz CT molecular complexity index is 549. The summed E-state index contributed by atoms with van der Waals surface area (Å²) < 4.78 is 27.5. The predicted molar refractivity (Wildman–Crippen MR) is 91.1 cm³/mol. The van der Waals surface area contributed by atoms with Crippen LogP contribution in [0, 0.1) is 19.8 Å². The van der Waals surface area contributed by atoms with Crippen LogP contribution in [0.5, 0.6) is 0 Å². The topological polar surface area (TPSA) is 49.4 Å². The minimum Gasteiger partial charge on any atom is -0.317 e. The van der Waals surface area contributed by atoms with Crippen molar-refractivity contribution in [3.63, 3.8) is 0 Å². The summed E-state index contributed by atoms with van der Waals surface area (Å²) in [5.41, 5.74) is 0.877. The normalized spacial score (nSPS) is 17.7. The van der Waals surface area contributed by atoms with E-state index in [1.165, 1.54) is 11.3 Å². The maximum Gasteiger partial charge on any atom is 0.252 e. The molecule has 1 aromatic rings. The molecule has 0 spiro atoms. The zero-order valence-corrected chi connectivity index (χ0v) is 15.3. The van der Waals surface area contributed by atoms with Gasteiger partial charge in [0, 0.05) is 18.0 Å². The van der Waals surface area contributed by atoms with Gasteiger partial charge < -0.3 is 5.32 Å². The highest BCUT2D eigenvalue weighted by Gasteiger charge is 2.31. The fourth-order valence-electron chi connectivity index (χ4n) is 2.70. The van der Waals surface area contributed by atoms with Crippen molar-refractivity contribution >= 4 is 33.8 Å². The molecule has 0 atom stereocenters. The quantitative estimate of drug-likeness (QED) is 0.886. The molecule has 0 aromatic carbocycles. The summed E-state index contributed by atoms with van der Waals surface area (Å²) in [5, 5.41) is 3.35. The van der Waals surface area contributed by atoms with Crippen molar-refractivity contribution in [2.45, 2.75) is 37.8 Å². The monoisotopic (exact) mass is 352 g/mol. The molecule has 1 fully saturated rings. The minimum absolute atomic E-state index is 0. The second-order valence-corrected chi connectivity index (χ2v) is 8.87. The number of nitrogens with one attached hydrogen (secondary N) is 1. The van der Waals surface area contributed by atoms with Gasteiger partial charge in [0.15, 0.2) is 0 Å². The number of nitrogens with zero attached hydrogens (tertiary/aromatic N) is 1. The average molecular weight is 353 g/mol. The lowest BCUT2D eigenvalue weighted by atomic mass is 9.98. The van der Waals surface area contributed by atoms with Crippen molar-refractivity contribution < 1.29 is 8.42 Å². The smallest absolute Gasteiger partial charge is 0.252 e. The van der Waals surface area contributed by atoms with Gasteiger partial charge in [-0.05, 0) is 57.3 Å². The van der Waals surface area contributed by atoms with Gasteiger partial charge in [-0.1, -0.05) is 6.92 Å². The molecule has 0 saturated carbocycles. The Morgan fingerprint density at radius 2 is 1.95 bits per heavy atom. The fraction of sp³-hybridized carbons (Fsp3) is 0.714. The predicted octanol–water partition coefficient (Wildman–Crippen LogP) is 2.80. The molecule has 2 rings (SSSR count). The first-order chi connectivity index (χ1) is 9.45. The van der Waals surface area contributed by atoms with Crippen LogP contribution in [0.15, 0.2) is 10.3 Å². The summed E-state index contributed by atoms with van der Waals surface area (Å²) in [7, 11) is -3.28. The Morgan fingerprint density at radius 3 is 2.43 bits per heavy atom. The summed E-state index contributed by atoms with van der Waals surface area (Å²) >= 11 is 1.39. The van der Waals surface area contributed by atoms with Crippen molar-refractivity contribution in [2.75, 3.05) is 26.2 Å². The van der Waals surface area contributed by atoms with E-state index < -0.39 is 10.0 Å². The van der Waals surface area contributed by atoms with E-state index in [1.54, 1.807) is 4.31 Å². The lowest BCUT2D eigenvalue weighted by Gasteiger charge is -2.31. The number of halogens is 1. The second-order valence-electron chi connectivity index (χ2n) is 5.48. The zero-order chi connectivity index (χ0) is 14.8. The molecule has 4 nitrogen and oxygen atoms in total. The van der Waals surface area contributed by atoms with Crippen molar-refractivity contribution in [1.82, 2.24) is 9.62 Å². The Balaban J connectivity index is 0.00000220. The lowest BCUT2D eigenvalue weighted by molar-refractivity contribution is 0.269. The highest BCUT2D eigenvalue weighted by molar-refractivity contribution is 7.91. The van der Waals surface area contributed by atoms with Crippen LogP contribution in [0.4, 0.5) is 0 Å². The molecule has 0 unspecified atom stereocenters. The number of sulfonamides is 1. The zero-order valence-electron chi connectivity index (χ0n) is 12.9. The molecular weight excluding hydrogens is 328 g/mol. The summed E-state index contributed by atoms with van der Waals surface area (Å²) in [4.78, 5) is 1.06. The second kappa shape index (κ2) is 7.92. The fourth-order valence-corrected chi connectivity index (χ4v) is 5.97. The van der Waals surface area contributed by atoms with Gasteiger partial charge in [0.2, 0.25) is 0 Å². The third-order valence-corrected chi connectivity index (χ3v) is 7.49.